The van der Waals surface area contributed by atoms with Gasteiger partial charge in [-0.15, -0.1) is 26.3 Å². The summed E-state index contributed by atoms with van der Waals surface area (Å²) in [5.41, 5.74) is 1.99. The number of hydrogen-bond acceptors (Lipinski definition) is 4. The van der Waals surface area contributed by atoms with E-state index >= 15 is 0 Å². The minimum absolute atomic E-state index is 0.127. The van der Waals surface area contributed by atoms with E-state index in [2.05, 4.69) is 9.47 Å². The Morgan fingerprint density at radius 1 is 0.771 bits per heavy atom. The second-order valence-electron chi connectivity index (χ2n) is 7.55. The summed E-state index contributed by atoms with van der Waals surface area (Å²) in [6.07, 6.45) is -9.60. The van der Waals surface area contributed by atoms with Crippen LogP contribution >= 0.6 is 0 Å². The summed E-state index contributed by atoms with van der Waals surface area (Å²) in [6.45, 7) is 0.575. The van der Waals surface area contributed by atoms with Gasteiger partial charge in [0.15, 0.2) is 0 Å². The highest BCUT2D eigenvalue weighted by atomic mass is 19.4. The molecule has 184 valence electrons. The first-order valence-electron chi connectivity index (χ1n) is 10.2. The number of benzene rings is 3. The van der Waals surface area contributed by atoms with Crippen LogP contribution in [0.15, 0.2) is 66.7 Å². The minimum Gasteiger partial charge on any atom is -0.491 e. The molecule has 11 heteroatoms. The second-order valence-corrected chi connectivity index (χ2v) is 7.55. The number of fused-ring (bicyclic) bond motifs is 1. The van der Waals surface area contributed by atoms with Gasteiger partial charge in [0.05, 0.1) is 12.1 Å². The normalized spacial score (nSPS) is 14.1. The summed E-state index contributed by atoms with van der Waals surface area (Å²) in [7, 11) is 0. The molecule has 1 heterocycles. The predicted octanol–water partition coefficient (Wildman–Crippen LogP) is 6.19. The molecule has 0 N–H and O–H groups in total. The molecular formula is C24H17F6NO4. The molecule has 0 bridgehead atoms. The number of ether oxygens (including phenoxy) is 3. The largest absolute Gasteiger partial charge is 0.573 e. The highest BCUT2D eigenvalue weighted by Gasteiger charge is 2.32. The summed E-state index contributed by atoms with van der Waals surface area (Å²) >= 11 is 0. The Hall–Kier alpha value is -3.89. The average molecular weight is 497 g/mol. The summed E-state index contributed by atoms with van der Waals surface area (Å²) in [5, 5.41) is 0. The van der Waals surface area contributed by atoms with Gasteiger partial charge >= 0.3 is 12.7 Å². The molecule has 1 aliphatic heterocycles. The number of carbonyl (C=O) groups is 1. The van der Waals surface area contributed by atoms with Gasteiger partial charge in [0.1, 0.15) is 23.9 Å². The van der Waals surface area contributed by atoms with E-state index in [0.29, 0.717) is 22.4 Å². The van der Waals surface area contributed by atoms with Crippen LogP contribution < -0.4 is 14.2 Å². The fraction of sp³-hybridized carbons (Fsp3) is 0.208. The number of alkyl halides is 6. The lowest BCUT2D eigenvalue weighted by Crippen LogP contribution is -2.31. The molecular weight excluding hydrogens is 480 g/mol. The summed E-state index contributed by atoms with van der Waals surface area (Å²) in [4.78, 5) is 14.7. The van der Waals surface area contributed by atoms with Crippen LogP contribution in [-0.2, 0) is 6.54 Å². The Morgan fingerprint density at radius 2 is 1.31 bits per heavy atom. The first-order chi connectivity index (χ1) is 16.5. The molecule has 5 nitrogen and oxygen atoms in total. The first-order valence-corrected chi connectivity index (χ1v) is 10.2. The van der Waals surface area contributed by atoms with Crippen molar-refractivity contribution in [2.24, 2.45) is 0 Å². The van der Waals surface area contributed by atoms with E-state index in [9.17, 15) is 31.1 Å². The van der Waals surface area contributed by atoms with Crippen LogP contribution in [0.3, 0.4) is 0 Å². The molecule has 0 saturated carbocycles. The molecule has 0 atom stereocenters. The number of rotatable bonds is 5. The molecule has 1 aliphatic rings. The number of halogens is 6. The Kier molecular flexibility index (Phi) is 6.51. The topological polar surface area (TPSA) is 48.0 Å². The van der Waals surface area contributed by atoms with E-state index < -0.39 is 12.7 Å². The van der Waals surface area contributed by atoms with Crippen molar-refractivity contribution in [1.29, 1.82) is 0 Å². The molecule has 0 saturated heterocycles. The smallest absolute Gasteiger partial charge is 0.491 e. The van der Waals surface area contributed by atoms with E-state index in [1.807, 2.05) is 0 Å². The minimum atomic E-state index is -4.80. The molecule has 0 aliphatic carbocycles. The van der Waals surface area contributed by atoms with Crippen LogP contribution in [0.1, 0.15) is 15.9 Å². The van der Waals surface area contributed by atoms with Gasteiger partial charge in [0.25, 0.3) is 5.91 Å². The van der Waals surface area contributed by atoms with Gasteiger partial charge in [0.2, 0.25) is 0 Å². The average Bonchev–Trinajstić information content (AvgIpc) is 2.92. The Bertz CT molecular complexity index is 1190. The molecule has 0 spiro atoms. The van der Waals surface area contributed by atoms with Crippen LogP contribution in [0.2, 0.25) is 0 Å². The van der Waals surface area contributed by atoms with E-state index in [0.717, 1.165) is 0 Å². The van der Waals surface area contributed by atoms with Crippen LogP contribution in [0, 0.1) is 0 Å². The monoisotopic (exact) mass is 497 g/mol. The third-order valence-corrected chi connectivity index (χ3v) is 5.07. The van der Waals surface area contributed by atoms with Gasteiger partial charge < -0.3 is 19.1 Å². The summed E-state index contributed by atoms with van der Waals surface area (Å²) in [5.74, 6) is -0.735. The summed E-state index contributed by atoms with van der Waals surface area (Å²) in [6, 6.07) is 15.3. The number of carbonyl (C=O) groups excluding carboxylic acids is 1. The molecule has 4 rings (SSSR count). The molecule has 3 aromatic carbocycles. The molecule has 0 unspecified atom stereocenters. The Morgan fingerprint density at radius 3 is 1.89 bits per heavy atom. The van der Waals surface area contributed by atoms with Crippen molar-refractivity contribution in [1.82, 2.24) is 4.90 Å². The van der Waals surface area contributed by atoms with Crippen LogP contribution in [0.4, 0.5) is 26.3 Å². The molecule has 0 aromatic heterocycles. The van der Waals surface area contributed by atoms with Crippen molar-refractivity contribution in [3.63, 3.8) is 0 Å². The number of hydrogen-bond donors (Lipinski definition) is 0. The maximum atomic E-state index is 13.2. The van der Waals surface area contributed by atoms with Gasteiger partial charge in [-0.2, -0.15) is 0 Å². The molecule has 1 amide bonds. The maximum Gasteiger partial charge on any atom is 0.573 e. The maximum absolute atomic E-state index is 13.2. The zero-order valence-corrected chi connectivity index (χ0v) is 17.8. The van der Waals surface area contributed by atoms with E-state index in [1.165, 1.54) is 53.4 Å². The van der Waals surface area contributed by atoms with E-state index in [-0.39, 0.29) is 42.7 Å². The third-order valence-electron chi connectivity index (χ3n) is 5.07. The number of amides is 1. The SMILES string of the molecule is O=C1c2cc(-c3ccc(OC(F)(F)F)cc3)ccc2OCCN1Cc1ccc(OC(F)(F)F)cc1. The second kappa shape index (κ2) is 9.40. The first kappa shape index (κ1) is 24.2. The van der Waals surface area contributed by atoms with Gasteiger partial charge in [0, 0.05) is 6.54 Å². The van der Waals surface area contributed by atoms with Crippen molar-refractivity contribution in [2.75, 3.05) is 13.2 Å². The van der Waals surface area contributed by atoms with Gasteiger partial charge in [-0.05, 0) is 53.1 Å². The fourth-order valence-corrected chi connectivity index (χ4v) is 3.56. The van der Waals surface area contributed by atoms with Crippen LogP contribution in [0.25, 0.3) is 11.1 Å². The highest BCUT2D eigenvalue weighted by molar-refractivity contribution is 5.98. The standard InChI is InChI=1S/C24H17F6NO4/c25-23(26,27)34-18-6-1-15(2-7-18)14-31-11-12-33-21-10-5-17(13-20(21)22(31)32)16-3-8-19(9-4-16)35-24(28,29)30/h1-10,13H,11-12,14H2. The van der Waals surface area contributed by atoms with E-state index in [1.54, 1.807) is 18.2 Å². The van der Waals surface area contributed by atoms with Gasteiger partial charge in [-0.1, -0.05) is 30.3 Å². The fourth-order valence-electron chi connectivity index (χ4n) is 3.56. The molecule has 35 heavy (non-hydrogen) atoms. The van der Waals surface area contributed by atoms with Gasteiger partial charge in [-0.25, -0.2) is 0 Å². The highest BCUT2D eigenvalue weighted by Crippen LogP contribution is 2.32. The lowest BCUT2D eigenvalue weighted by Gasteiger charge is -2.20. The number of nitrogens with zero attached hydrogens (tertiary/aromatic N) is 1. The predicted molar refractivity (Wildman–Crippen MR) is 112 cm³/mol. The Labute approximate surface area is 195 Å². The molecule has 3 aromatic rings. The zero-order chi connectivity index (χ0) is 25.2. The van der Waals surface area contributed by atoms with Crippen molar-refractivity contribution in [3.05, 3.63) is 77.9 Å². The molecule has 0 fully saturated rings. The van der Waals surface area contributed by atoms with Crippen LogP contribution in [0.5, 0.6) is 17.2 Å². The van der Waals surface area contributed by atoms with Gasteiger partial charge in [-0.3, -0.25) is 4.79 Å². The third kappa shape index (κ3) is 6.37. The lowest BCUT2D eigenvalue weighted by atomic mass is 10.0. The zero-order valence-electron chi connectivity index (χ0n) is 17.8. The Balaban J connectivity index is 1.52. The quantitative estimate of drug-likeness (QED) is 0.395. The molecule has 0 radical (unpaired) electrons. The van der Waals surface area contributed by atoms with Crippen molar-refractivity contribution in [3.8, 4) is 28.4 Å². The van der Waals surface area contributed by atoms with E-state index in [4.69, 9.17) is 4.74 Å². The van der Waals surface area contributed by atoms with Crippen LogP contribution in [-0.4, -0.2) is 36.7 Å². The van der Waals surface area contributed by atoms with Crippen molar-refractivity contribution >= 4 is 5.91 Å². The van der Waals surface area contributed by atoms with Crippen molar-refractivity contribution in [2.45, 2.75) is 19.3 Å². The van der Waals surface area contributed by atoms with Crippen molar-refractivity contribution < 1.29 is 45.3 Å². The lowest BCUT2D eigenvalue weighted by molar-refractivity contribution is -0.275. The summed E-state index contributed by atoms with van der Waals surface area (Å²) < 4.78 is 87.6.